The van der Waals surface area contributed by atoms with Gasteiger partial charge in [-0.1, -0.05) is 6.07 Å². The number of benzene rings is 1. The van der Waals surface area contributed by atoms with Crippen LogP contribution in [0.2, 0.25) is 0 Å². The first-order valence-corrected chi connectivity index (χ1v) is 4.22. The summed E-state index contributed by atoms with van der Waals surface area (Å²) in [5.74, 6) is 0.833. The third-order valence-corrected chi connectivity index (χ3v) is 1.47. The molecule has 0 bridgehead atoms. The highest BCUT2D eigenvalue weighted by Gasteiger charge is 2.13. The van der Waals surface area contributed by atoms with Gasteiger partial charge in [0.05, 0.1) is 0 Å². The maximum Gasteiger partial charge on any atom is 0.126 e. The Morgan fingerprint density at radius 3 is 2.46 bits per heavy atom. The lowest BCUT2D eigenvalue weighted by Gasteiger charge is -2.22. The highest BCUT2D eigenvalue weighted by atomic mass is 16.5. The molecule has 0 amide bonds. The summed E-state index contributed by atoms with van der Waals surface area (Å²) in [6.45, 7) is 9.67. The van der Waals surface area contributed by atoms with E-state index in [0.717, 1.165) is 5.56 Å². The zero-order chi connectivity index (χ0) is 10.1. The third kappa shape index (κ3) is 2.98. The molecule has 0 aliphatic carbocycles. The Morgan fingerprint density at radius 2 is 1.92 bits per heavy atom. The van der Waals surface area contributed by atoms with Gasteiger partial charge in [-0.25, -0.2) is 0 Å². The summed E-state index contributed by atoms with van der Waals surface area (Å²) in [7, 11) is 0. The number of ether oxygens (including phenoxy) is 1. The Bertz CT molecular complexity index is 297. The molecule has 71 valence electrons. The standard InChI is InChI=1S/C11H15O2/c1-8-5-6-9(12)7-10(8)13-11(2,3)4/h5-7,12H,1H2,2-4H3. The largest absolute Gasteiger partial charge is 0.508 e. The normalized spacial score (nSPS) is 11.4. The number of hydrogen-bond donors (Lipinski definition) is 1. The summed E-state index contributed by atoms with van der Waals surface area (Å²) >= 11 is 0. The summed E-state index contributed by atoms with van der Waals surface area (Å²) in [6, 6.07) is 4.90. The molecule has 1 aromatic carbocycles. The molecule has 0 aliphatic heterocycles. The second kappa shape index (κ2) is 3.29. The monoisotopic (exact) mass is 179 g/mol. The van der Waals surface area contributed by atoms with Crippen LogP contribution in [0, 0.1) is 6.92 Å². The van der Waals surface area contributed by atoms with E-state index in [1.165, 1.54) is 0 Å². The molecule has 1 rings (SSSR count). The smallest absolute Gasteiger partial charge is 0.126 e. The lowest BCUT2D eigenvalue weighted by atomic mass is 10.1. The molecule has 2 heteroatoms. The van der Waals surface area contributed by atoms with Crippen molar-refractivity contribution >= 4 is 0 Å². The van der Waals surface area contributed by atoms with Gasteiger partial charge in [0.1, 0.15) is 17.1 Å². The zero-order valence-electron chi connectivity index (χ0n) is 8.29. The molecule has 0 aromatic heterocycles. The van der Waals surface area contributed by atoms with Gasteiger partial charge in [0.2, 0.25) is 0 Å². The van der Waals surface area contributed by atoms with Gasteiger partial charge < -0.3 is 9.84 Å². The van der Waals surface area contributed by atoms with Crippen LogP contribution in [0.1, 0.15) is 26.3 Å². The first-order chi connectivity index (χ1) is 5.88. The lowest BCUT2D eigenvalue weighted by molar-refractivity contribution is 0.130. The van der Waals surface area contributed by atoms with Gasteiger partial charge in [-0.05, 0) is 39.3 Å². The molecular weight excluding hydrogens is 164 g/mol. The molecule has 2 nitrogen and oxygen atoms in total. The lowest BCUT2D eigenvalue weighted by Crippen LogP contribution is -2.23. The second-order valence-corrected chi connectivity index (χ2v) is 4.01. The number of hydrogen-bond acceptors (Lipinski definition) is 2. The summed E-state index contributed by atoms with van der Waals surface area (Å²) in [5, 5.41) is 9.23. The van der Waals surface area contributed by atoms with Crippen molar-refractivity contribution in [3.05, 3.63) is 30.7 Å². The Labute approximate surface area is 79.2 Å². The molecule has 0 heterocycles. The van der Waals surface area contributed by atoms with Crippen LogP contribution in [0.3, 0.4) is 0 Å². The fourth-order valence-electron chi connectivity index (χ4n) is 0.968. The van der Waals surface area contributed by atoms with Crippen LogP contribution in [0.4, 0.5) is 0 Å². The Hall–Kier alpha value is -1.18. The molecule has 0 saturated heterocycles. The van der Waals surface area contributed by atoms with Crippen LogP contribution >= 0.6 is 0 Å². The SMILES string of the molecule is [CH2]c1ccc(O)cc1OC(C)(C)C. The second-order valence-electron chi connectivity index (χ2n) is 4.01. The summed E-state index contributed by atoms with van der Waals surface area (Å²) < 4.78 is 5.59. The maximum atomic E-state index is 9.23. The van der Waals surface area contributed by atoms with Crippen LogP contribution in [-0.2, 0) is 0 Å². The Kier molecular flexibility index (Phi) is 2.50. The highest BCUT2D eigenvalue weighted by molar-refractivity contribution is 5.41. The number of phenols is 1. The summed E-state index contributed by atoms with van der Waals surface area (Å²) in [6.07, 6.45) is 0. The van der Waals surface area contributed by atoms with Crippen molar-refractivity contribution in [3.8, 4) is 11.5 Å². The van der Waals surface area contributed by atoms with Crippen LogP contribution in [0.5, 0.6) is 11.5 Å². The average Bonchev–Trinajstić information content (AvgIpc) is 1.94. The van der Waals surface area contributed by atoms with Crippen molar-refractivity contribution < 1.29 is 9.84 Å². The van der Waals surface area contributed by atoms with E-state index in [0.29, 0.717) is 5.75 Å². The minimum Gasteiger partial charge on any atom is -0.508 e. The van der Waals surface area contributed by atoms with Crippen molar-refractivity contribution in [1.82, 2.24) is 0 Å². The maximum absolute atomic E-state index is 9.23. The van der Waals surface area contributed by atoms with Crippen LogP contribution in [0.25, 0.3) is 0 Å². The van der Waals surface area contributed by atoms with Gasteiger partial charge in [-0.3, -0.25) is 0 Å². The van der Waals surface area contributed by atoms with Crippen LogP contribution in [0.15, 0.2) is 18.2 Å². The molecule has 1 aromatic rings. The third-order valence-electron chi connectivity index (χ3n) is 1.47. The minimum absolute atomic E-state index is 0.201. The molecular formula is C11H15O2. The number of phenolic OH excluding ortho intramolecular Hbond substituents is 1. The van der Waals surface area contributed by atoms with Gasteiger partial charge in [-0.15, -0.1) is 0 Å². The van der Waals surface area contributed by atoms with Gasteiger partial charge in [-0.2, -0.15) is 0 Å². The average molecular weight is 179 g/mol. The summed E-state index contributed by atoms with van der Waals surface area (Å²) in [5.41, 5.74) is 0.521. The molecule has 13 heavy (non-hydrogen) atoms. The van der Waals surface area contributed by atoms with Crippen molar-refractivity contribution in [2.75, 3.05) is 0 Å². The number of rotatable bonds is 1. The molecule has 0 aliphatic rings. The van der Waals surface area contributed by atoms with Crippen molar-refractivity contribution in [1.29, 1.82) is 0 Å². The van der Waals surface area contributed by atoms with Crippen molar-refractivity contribution in [3.63, 3.8) is 0 Å². The Balaban J connectivity index is 2.94. The quantitative estimate of drug-likeness (QED) is 0.718. The van der Waals surface area contributed by atoms with Gasteiger partial charge >= 0.3 is 0 Å². The predicted octanol–water partition coefficient (Wildman–Crippen LogP) is 2.75. The number of aromatic hydroxyl groups is 1. The first kappa shape index (κ1) is 9.90. The van der Waals surface area contributed by atoms with E-state index >= 15 is 0 Å². The van der Waals surface area contributed by atoms with E-state index in [-0.39, 0.29) is 11.4 Å². The van der Waals surface area contributed by atoms with Gasteiger partial charge in [0.25, 0.3) is 0 Å². The van der Waals surface area contributed by atoms with Gasteiger partial charge in [0.15, 0.2) is 0 Å². The molecule has 0 spiro atoms. The molecule has 0 saturated carbocycles. The first-order valence-electron chi connectivity index (χ1n) is 4.22. The summed E-state index contributed by atoms with van der Waals surface area (Å²) in [4.78, 5) is 0. The van der Waals surface area contributed by atoms with Crippen molar-refractivity contribution in [2.45, 2.75) is 26.4 Å². The van der Waals surface area contributed by atoms with Crippen LogP contribution < -0.4 is 4.74 Å². The highest BCUT2D eigenvalue weighted by Crippen LogP contribution is 2.26. The van der Waals surface area contributed by atoms with Crippen molar-refractivity contribution in [2.24, 2.45) is 0 Å². The van der Waals surface area contributed by atoms with E-state index in [4.69, 9.17) is 4.74 Å². The zero-order valence-corrected chi connectivity index (χ0v) is 8.29. The van der Waals surface area contributed by atoms with Gasteiger partial charge in [0, 0.05) is 6.07 Å². The molecule has 1 radical (unpaired) electrons. The van der Waals surface area contributed by atoms with Crippen LogP contribution in [-0.4, -0.2) is 10.7 Å². The Morgan fingerprint density at radius 1 is 1.31 bits per heavy atom. The molecule has 0 unspecified atom stereocenters. The topological polar surface area (TPSA) is 29.5 Å². The van der Waals surface area contributed by atoms with E-state index in [2.05, 4.69) is 6.92 Å². The fraction of sp³-hybridized carbons (Fsp3) is 0.364. The molecule has 1 N–H and O–H groups in total. The van der Waals surface area contributed by atoms with E-state index in [9.17, 15) is 5.11 Å². The van der Waals surface area contributed by atoms with E-state index in [1.807, 2.05) is 20.8 Å². The minimum atomic E-state index is -0.264. The molecule has 0 fully saturated rings. The van der Waals surface area contributed by atoms with E-state index < -0.39 is 0 Å². The fourth-order valence-corrected chi connectivity index (χ4v) is 0.968. The predicted molar refractivity (Wildman–Crippen MR) is 52.9 cm³/mol. The molecule has 0 atom stereocenters. The van der Waals surface area contributed by atoms with E-state index in [1.54, 1.807) is 18.2 Å².